The van der Waals surface area contributed by atoms with Crippen molar-refractivity contribution in [2.75, 3.05) is 6.54 Å². The van der Waals surface area contributed by atoms with Gasteiger partial charge in [-0.15, -0.1) is 24.8 Å². The second-order valence-corrected chi connectivity index (χ2v) is 3.20. The summed E-state index contributed by atoms with van der Waals surface area (Å²) in [6.07, 6.45) is 2.90. The quantitative estimate of drug-likeness (QED) is 0.856. The minimum atomic E-state index is 0. The van der Waals surface area contributed by atoms with Crippen LogP contribution in [0.4, 0.5) is 0 Å². The van der Waals surface area contributed by atoms with Gasteiger partial charge >= 0.3 is 0 Å². The maximum absolute atomic E-state index is 5.51. The molecule has 0 bridgehead atoms. The van der Waals surface area contributed by atoms with Gasteiger partial charge in [-0.05, 0) is 37.6 Å². The monoisotopic (exact) mass is 247 g/mol. The molecule has 3 nitrogen and oxygen atoms in total. The molecule has 0 saturated heterocycles. The van der Waals surface area contributed by atoms with E-state index >= 15 is 0 Å². The maximum Gasteiger partial charge on any atom is 0.137 e. The smallest absolute Gasteiger partial charge is 0.137 e. The van der Waals surface area contributed by atoms with Gasteiger partial charge in [0.15, 0.2) is 0 Å². The van der Waals surface area contributed by atoms with E-state index < -0.39 is 0 Å². The summed E-state index contributed by atoms with van der Waals surface area (Å²) in [6.45, 7) is 2.67. The average molecular weight is 248 g/mol. The Balaban J connectivity index is 0.000000980. The number of pyridine rings is 1. The molecule has 0 fully saturated rings. The molecule has 0 amide bonds. The van der Waals surface area contributed by atoms with Crippen molar-refractivity contribution in [1.29, 1.82) is 0 Å². The van der Waals surface area contributed by atoms with Gasteiger partial charge in [-0.2, -0.15) is 0 Å². The summed E-state index contributed by atoms with van der Waals surface area (Å²) >= 11 is 0. The standard InChI is InChI=1S/C10H13N3.2ClH/c1-7-2-3-9-8(4-5-11)6-12-10(9)13-7;;/h2-3,6H,4-5,11H2,1H3,(H,12,13);2*1H. The van der Waals surface area contributed by atoms with Crippen LogP contribution in [0.1, 0.15) is 11.3 Å². The van der Waals surface area contributed by atoms with E-state index in [2.05, 4.69) is 16.0 Å². The third-order valence-corrected chi connectivity index (χ3v) is 2.18. The van der Waals surface area contributed by atoms with E-state index in [9.17, 15) is 0 Å². The highest BCUT2D eigenvalue weighted by atomic mass is 35.5. The second-order valence-electron chi connectivity index (χ2n) is 3.20. The first-order valence-electron chi connectivity index (χ1n) is 4.45. The molecular weight excluding hydrogens is 233 g/mol. The van der Waals surface area contributed by atoms with Crippen LogP contribution in [0.25, 0.3) is 11.0 Å². The third-order valence-electron chi connectivity index (χ3n) is 2.18. The number of fused-ring (bicyclic) bond motifs is 1. The first-order chi connectivity index (χ1) is 6.31. The summed E-state index contributed by atoms with van der Waals surface area (Å²) in [4.78, 5) is 7.53. The number of halogens is 2. The number of rotatable bonds is 2. The van der Waals surface area contributed by atoms with Crippen LogP contribution in [0.5, 0.6) is 0 Å². The Morgan fingerprint density at radius 1 is 1.33 bits per heavy atom. The topological polar surface area (TPSA) is 54.7 Å². The molecule has 5 heteroatoms. The molecule has 0 saturated carbocycles. The van der Waals surface area contributed by atoms with Gasteiger partial charge in [-0.3, -0.25) is 0 Å². The van der Waals surface area contributed by atoms with Gasteiger partial charge < -0.3 is 10.7 Å². The van der Waals surface area contributed by atoms with Gasteiger partial charge in [0.05, 0.1) is 0 Å². The summed E-state index contributed by atoms with van der Waals surface area (Å²) in [7, 11) is 0. The van der Waals surface area contributed by atoms with E-state index in [4.69, 9.17) is 5.73 Å². The molecular formula is C10H15Cl2N3. The van der Waals surface area contributed by atoms with E-state index in [1.165, 1.54) is 10.9 Å². The van der Waals surface area contributed by atoms with Gasteiger partial charge in [0, 0.05) is 17.3 Å². The average Bonchev–Trinajstić information content (AvgIpc) is 2.49. The highest BCUT2D eigenvalue weighted by Crippen LogP contribution is 2.16. The summed E-state index contributed by atoms with van der Waals surface area (Å²) < 4.78 is 0. The lowest BCUT2D eigenvalue weighted by molar-refractivity contribution is 0.976. The predicted molar refractivity (Wildman–Crippen MR) is 68.1 cm³/mol. The van der Waals surface area contributed by atoms with Crippen LogP contribution in [-0.2, 0) is 6.42 Å². The van der Waals surface area contributed by atoms with Crippen LogP contribution in [0.3, 0.4) is 0 Å². The number of hydrogen-bond donors (Lipinski definition) is 2. The van der Waals surface area contributed by atoms with Crippen LogP contribution in [0.2, 0.25) is 0 Å². The normalized spacial score (nSPS) is 9.47. The molecule has 84 valence electrons. The Hall–Kier alpha value is -0.770. The van der Waals surface area contributed by atoms with Crippen molar-refractivity contribution in [2.45, 2.75) is 13.3 Å². The maximum atomic E-state index is 5.51. The molecule has 0 aliphatic rings. The fourth-order valence-corrected chi connectivity index (χ4v) is 1.52. The number of aryl methyl sites for hydroxylation is 1. The Labute approximate surface area is 101 Å². The molecule has 0 aliphatic carbocycles. The number of hydrogen-bond acceptors (Lipinski definition) is 2. The second kappa shape index (κ2) is 5.95. The Morgan fingerprint density at radius 3 is 2.73 bits per heavy atom. The molecule has 3 N–H and O–H groups in total. The molecule has 2 aromatic rings. The van der Waals surface area contributed by atoms with Crippen molar-refractivity contribution in [3.05, 3.63) is 29.6 Å². The van der Waals surface area contributed by atoms with Crippen molar-refractivity contribution in [3.63, 3.8) is 0 Å². The molecule has 0 radical (unpaired) electrons. The van der Waals surface area contributed by atoms with Crippen LogP contribution in [-0.4, -0.2) is 16.5 Å². The lowest BCUT2D eigenvalue weighted by Crippen LogP contribution is -2.01. The Kier molecular flexibility index (Phi) is 5.65. The highest BCUT2D eigenvalue weighted by molar-refractivity contribution is 5.85. The minimum Gasteiger partial charge on any atom is -0.346 e. The zero-order valence-electron chi connectivity index (χ0n) is 8.49. The van der Waals surface area contributed by atoms with Crippen molar-refractivity contribution in [2.24, 2.45) is 5.73 Å². The summed E-state index contributed by atoms with van der Waals surface area (Å²) in [5.41, 5.74) is 8.76. The molecule has 0 spiro atoms. The first kappa shape index (κ1) is 14.2. The van der Waals surface area contributed by atoms with Crippen LogP contribution < -0.4 is 5.73 Å². The van der Waals surface area contributed by atoms with Gasteiger partial charge in [0.25, 0.3) is 0 Å². The lowest BCUT2D eigenvalue weighted by atomic mass is 10.1. The van der Waals surface area contributed by atoms with Gasteiger partial charge in [0.2, 0.25) is 0 Å². The highest BCUT2D eigenvalue weighted by Gasteiger charge is 2.02. The SMILES string of the molecule is Cc1ccc2c(CCN)c[nH]c2n1.Cl.Cl. The van der Waals surface area contributed by atoms with E-state index in [0.717, 1.165) is 17.8 Å². The molecule has 0 atom stereocenters. The van der Waals surface area contributed by atoms with Crippen LogP contribution in [0, 0.1) is 6.92 Å². The van der Waals surface area contributed by atoms with Crippen molar-refractivity contribution in [1.82, 2.24) is 9.97 Å². The van der Waals surface area contributed by atoms with E-state index in [0.29, 0.717) is 6.54 Å². The van der Waals surface area contributed by atoms with Crippen molar-refractivity contribution in [3.8, 4) is 0 Å². The van der Waals surface area contributed by atoms with Crippen molar-refractivity contribution < 1.29 is 0 Å². The Morgan fingerprint density at radius 2 is 2.07 bits per heavy atom. The zero-order valence-corrected chi connectivity index (χ0v) is 10.1. The number of H-pyrrole nitrogens is 1. The molecule has 2 aromatic heterocycles. The molecule has 2 heterocycles. The van der Waals surface area contributed by atoms with E-state index in [-0.39, 0.29) is 24.8 Å². The van der Waals surface area contributed by atoms with Crippen LogP contribution in [0.15, 0.2) is 18.3 Å². The Bertz CT molecular complexity index is 426. The lowest BCUT2D eigenvalue weighted by Gasteiger charge is -1.95. The molecule has 0 aromatic carbocycles. The largest absolute Gasteiger partial charge is 0.346 e. The van der Waals surface area contributed by atoms with Gasteiger partial charge in [-0.1, -0.05) is 0 Å². The molecule has 2 rings (SSSR count). The summed E-state index contributed by atoms with van der Waals surface area (Å²) in [5.74, 6) is 0. The minimum absolute atomic E-state index is 0. The van der Waals surface area contributed by atoms with Crippen LogP contribution >= 0.6 is 24.8 Å². The van der Waals surface area contributed by atoms with Gasteiger partial charge in [-0.25, -0.2) is 4.98 Å². The number of nitrogens with two attached hydrogens (primary N) is 1. The number of aromatic nitrogens is 2. The molecule has 0 aliphatic heterocycles. The fraction of sp³-hybridized carbons (Fsp3) is 0.300. The fourth-order valence-electron chi connectivity index (χ4n) is 1.52. The number of aromatic amines is 1. The van der Waals surface area contributed by atoms with Gasteiger partial charge in [0.1, 0.15) is 5.65 Å². The number of nitrogens with one attached hydrogen (secondary N) is 1. The van der Waals surface area contributed by atoms with Crippen molar-refractivity contribution >= 4 is 35.8 Å². The molecule has 0 unspecified atom stereocenters. The summed E-state index contributed by atoms with van der Waals surface area (Å²) in [6, 6.07) is 4.12. The first-order valence-corrected chi connectivity index (χ1v) is 4.45. The number of nitrogens with zero attached hydrogens (tertiary/aromatic N) is 1. The van der Waals surface area contributed by atoms with E-state index in [1.54, 1.807) is 0 Å². The summed E-state index contributed by atoms with van der Waals surface area (Å²) in [5, 5.41) is 1.19. The third kappa shape index (κ3) is 2.84. The van der Waals surface area contributed by atoms with E-state index in [1.807, 2.05) is 19.2 Å². The predicted octanol–water partition coefficient (Wildman–Crippen LogP) is 2.22. The zero-order chi connectivity index (χ0) is 9.26. The molecule has 15 heavy (non-hydrogen) atoms.